The number of piperidine rings is 4. The van der Waals surface area contributed by atoms with E-state index in [0.29, 0.717) is 57.5 Å². The van der Waals surface area contributed by atoms with Crippen molar-refractivity contribution in [2.75, 3.05) is 52.4 Å². The molecule has 0 aliphatic carbocycles. The maximum atomic E-state index is 13.6. The number of alkyl halides is 3. The van der Waals surface area contributed by atoms with Crippen LogP contribution >= 0.6 is 11.6 Å². The van der Waals surface area contributed by atoms with Crippen LogP contribution in [-0.2, 0) is 11.6 Å². The molecule has 4 N–H and O–H groups in total. The zero-order chi connectivity index (χ0) is 92.7. The van der Waals surface area contributed by atoms with Crippen LogP contribution in [0, 0.1) is 30.2 Å². The summed E-state index contributed by atoms with van der Waals surface area (Å²) in [4.78, 5) is 54.5. The molecule has 0 atom stereocenters. The number of aromatic nitrogens is 16. The number of nitrogens with zero attached hydrogens (tertiary/aromatic N) is 16. The Morgan fingerprint density at radius 1 is 0.299 bits per heavy atom. The molecule has 24 nitrogen and oxygen atoms in total. The van der Waals surface area contributed by atoms with E-state index in [0.717, 1.165) is 195 Å². The van der Waals surface area contributed by atoms with Crippen molar-refractivity contribution in [2.45, 2.75) is 115 Å². The molecule has 20 rings (SSSR count). The van der Waals surface area contributed by atoms with Crippen molar-refractivity contribution in [3.05, 3.63) is 313 Å². The molecular weight excluding hydrogens is 1740 g/mol. The quantitative estimate of drug-likeness (QED) is 0.0517. The number of imidazole rings is 4. The second kappa shape index (κ2) is 42.1. The predicted octanol–water partition coefficient (Wildman–Crippen LogP) is 22.7. The summed E-state index contributed by atoms with van der Waals surface area (Å²) in [6.45, 7) is 16.0. The highest BCUT2D eigenvalue weighted by atomic mass is 35.5. The molecule has 0 amide bonds. The first-order valence-electron chi connectivity index (χ1n) is 44.4. The SMILES string of the molecule is CC(C)(C)c1ccc(Oc2nccc(-c3c(-c4ccc(F)cc4)ncn3C3CCNCC3)n2)cc1.Cc1ccc(Oc2nccc(-c3c(-c4ccc(F)cc4)ncn3C3CCNCC3)n2)cc1.Fc1ccc(-c2ncn(C3CCNCC3)c2-c2ccnc(Oc3ccc(C(F)(F)F)cc3)n2)cc1.Fc1ccc(-c2ncn(C3CCNCC3)c2-c2ccnc(Oc3ccc(Cl)cc3)n2)cc1. The number of nitrogens with one attached hydrogen (secondary N) is 4. The van der Waals surface area contributed by atoms with Gasteiger partial charge in [0.15, 0.2) is 0 Å². The van der Waals surface area contributed by atoms with Crippen LogP contribution in [0.2, 0.25) is 5.02 Å². The highest BCUT2D eigenvalue weighted by molar-refractivity contribution is 6.30. The molecule has 8 aromatic carbocycles. The van der Waals surface area contributed by atoms with Crippen LogP contribution < -0.4 is 40.2 Å². The van der Waals surface area contributed by atoms with Gasteiger partial charge in [-0.15, -0.1) is 0 Å². The maximum absolute atomic E-state index is 13.6. The third-order valence-corrected chi connectivity index (χ3v) is 23.8. The van der Waals surface area contributed by atoms with Gasteiger partial charge >= 0.3 is 30.2 Å². The fourth-order valence-corrected chi connectivity index (χ4v) is 16.7. The summed E-state index contributed by atoms with van der Waals surface area (Å²) in [6, 6.07) is 61.6. The molecule has 0 bridgehead atoms. The van der Waals surface area contributed by atoms with E-state index in [9.17, 15) is 30.7 Å². The van der Waals surface area contributed by atoms with Gasteiger partial charge in [0, 0.05) is 76.2 Å². The van der Waals surface area contributed by atoms with E-state index in [2.05, 4.69) is 107 Å². The molecule has 0 saturated carbocycles. The van der Waals surface area contributed by atoms with Crippen LogP contribution in [0.1, 0.15) is 113 Å². The van der Waals surface area contributed by atoms with E-state index in [-0.39, 0.29) is 64.5 Å². The molecule has 32 heteroatoms. The molecule has 4 aliphatic heterocycles. The van der Waals surface area contributed by atoms with Crippen LogP contribution in [0.25, 0.3) is 90.6 Å². The van der Waals surface area contributed by atoms with E-state index in [4.69, 9.17) is 55.5 Å². The molecule has 684 valence electrons. The van der Waals surface area contributed by atoms with Gasteiger partial charge in [-0.25, -0.2) is 57.4 Å². The van der Waals surface area contributed by atoms with Crippen LogP contribution in [0.4, 0.5) is 30.7 Å². The first kappa shape index (κ1) is 91.6. The Morgan fingerprint density at radius 3 is 0.769 bits per heavy atom. The Labute approximate surface area is 774 Å². The van der Waals surface area contributed by atoms with E-state index < -0.39 is 11.7 Å². The summed E-state index contributed by atoms with van der Waals surface area (Å²) >= 11 is 5.96. The molecule has 0 unspecified atom stereocenters. The van der Waals surface area contributed by atoms with Crippen LogP contribution in [-0.4, -0.2) is 130 Å². The first-order chi connectivity index (χ1) is 65.1. The van der Waals surface area contributed by atoms with Gasteiger partial charge in [-0.3, -0.25) is 0 Å². The number of ether oxygens (including phenoxy) is 4. The number of rotatable bonds is 20. The molecule has 12 heterocycles. The molecule has 4 fully saturated rings. The first-order valence-corrected chi connectivity index (χ1v) is 44.8. The minimum absolute atomic E-state index is 0.00891. The molecular formula is C102H96ClF7N20O4. The summed E-state index contributed by atoms with van der Waals surface area (Å²) in [5.41, 5.74) is 13.9. The van der Waals surface area contributed by atoms with Gasteiger partial charge < -0.3 is 58.5 Å². The van der Waals surface area contributed by atoms with Crippen molar-refractivity contribution in [3.63, 3.8) is 0 Å². The summed E-state index contributed by atoms with van der Waals surface area (Å²) in [6.07, 6.45) is 17.3. The minimum atomic E-state index is -4.43. The zero-order valence-electron chi connectivity index (χ0n) is 73.8. The van der Waals surface area contributed by atoms with Crippen LogP contribution in [0.15, 0.2) is 268 Å². The average Bonchev–Trinajstić information content (AvgIpc) is 1.64. The highest BCUT2D eigenvalue weighted by Gasteiger charge is 2.33. The number of aryl methyl sites for hydroxylation is 1. The third kappa shape index (κ3) is 22.7. The molecule has 134 heavy (non-hydrogen) atoms. The maximum Gasteiger partial charge on any atom is 0.416 e. The molecule has 4 aliphatic rings. The van der Waals surface area contributed by atoms with Crippen LogP contribution in [0.5, 0.6) is 47.0 Å². The zero-order valence-corrected chi connectivity index (χ0v) is 74.6. The Hall–Kier alpha value is -14.2. The number of benzene rings is 8. The standard InChI is InChI=1S/C28H30FN5O.C25H21F4N5O.C25H24FN5O.C24H21ClFN5O/c1-28(2,3)20-6-10-23(11-7-20)35-27-31-17-14-24(33-27)26-25(19-4-8-21(29)9-5-19)32-18-34(26)22-12-15-30-16-13-22;26-18-5-1-16(2-6-18)22-23(34(15-32-22)19-9-12-30-13-10-19)21-11-14-31-24(33-21)35-20-7-3-17(4-8-20)25(27,28)29;1-17-2-8-21(9-3-17)32-25-28-15-12-22(30-25)24-23(18-4-6-19(26)7-5-18)29-16-31(24)20-10-13-27-14-11-20;25-17-3-7-20(8-4-17)32-24-28-14-11-21(30-24)23-22(16-1-5-18(26)6-2-16)29-15-31(23)19-9-12-27-13-10-19/h4-11,14,17-18,22,30H,12-13,15-16H2,1-3H3;1-8,11,14-15,19,30H,9-10,12-13H2;2-9,12,15-16,20,27H,10-11,13-14H2,1H3;1-8,11,14-15,19,27H,9-10,12-13H2. The van der Waals surface area contributed by atoms with Gasteiger partial charge in [-0.1, -0.05) is 62.2 Å². The van der Waals surface area contributed by atoms with Gasteiger partial charge in [-0.05, 0) is 316 Å². The van der Waals surface area contributed by atoms with Crippen LogP contribution in [0.3, 0.4) is 0 Å². The lowest BCUT2D eigenvalue weighted by Crippen LogP contribution is -2.29. The summed E-state index contributed by atoms with van der Waals surface area (Å²) in [5.74, 6) is 0.959. The van der Waals surface area contributed by atoms with E-state index >= 15 is 0 Å². The molecule has 16 aromatic rings. The van der Waals surface area contributed by atoms with Gasteiger partial charge in [-0.2, -0.15) is 33.1 Å². The predicted molar refractivity (Wildman–Crippen MR) is 499 cm³/mol. The average molecular weight is 1830 g/mol. The lowest BCUT2D eigenvalue weighted by atomic mass is 9.87. The fourth-order valence-electron chi connectivity index (χ4n) is 16.5. The van der Waals surface area contributed by atoms with E-state index in [1.807, 2.05) is 80.5 Å². The summed E-state index contributed by atoms with van der Waals surface area (Å²) in [7, 11) is 0. The monoisotopic (exact) mass is 1830 g/mol. The van der Waals surface area contributed by atoms with Crippen molar-refractivity contribution in [2.24, 2.45) is 0 Å². The van der Waals surface area contributed by atoms with Gasteiger partial charge in [0.25, 0.3) is 0 Å². The number of hydrogen-bond acceptors (Lipinski definition) is 20. The third-order valence-electron chi connectivity index (χ3n) is 23.5. The van der Waals surface area contributed by atoms with Crippen molar-refractivity contribution in [1.82, 2.24) is 99.3 Å². The van der Waals surface area contributed by atoms with Crippen molar-refractivity contribution >= 4 is 11.6 Å². The van der Waals surface area contributed by atoms with E-state index in [1.165, 1.54) is 72.4 Å². The van der Waals surface area contributed by atoms with Crippen molar-refractivity contribution < 1.29 is 49.7 Å². The number of halogens is 8. The highest BCUT2D eigenvalue weighted by Crippen LogP contribution is 2.43. The molecule has 8 aromatic heterocycles. The minimum Gasteiger partial charge on any atom is -0.424 e. The Balaban J connectivity index is 0.000000124. The lowest BCUT2D eigenvalue weighted by molar-refractivity contribution is -0.137. The summed E-state index contributed by atoms with van der Waals surface area (Å²) in [5, 5.41) is 14.2. The second-order valence-corrected chi connectivity index (χ2v) is 34.2. The Bertz CT molecular complexity index is 6180. The summed E-state index contributed by atoms with van der Waals surface area (Å²) < 4.78 is 125. The Morgan fingerprint density at radius 2 is 0.530 bits per heavy atom. The van der Waals surface area contributed by atoms with Gasteiger partial charge in [0.05, 0.1) is 99.2 Å². The molecule has 4 saturated heterocycles. The number of hydrogen-bond donors (Lipinski definition) is 4. The van der Waals surface area contributed by atoms with Gasteiger partial charge in [0.1, 0.15) is 46.3 Å². The smallest absolute Gasteiger partial charge is 0.416 e. The van der Waals surface area contributed by atoms with Crippen molar-refractivity contribution in [3.8, 4) is 138 Å². The lowest BCUT2D eigenvalue weighted by Gasteiger charge is -2.25. The largest absolute Gasteiger partial charge is 0.424 e. The molecule has 0 radical (unpaired) electrons. The topological polar surface area (TPSA) is 259 Å². The van der Waals surface area contributed by atoms with E-state index in [1.54, 1.807) is 104 Å². The van der Waals surface area contributed by atoms with Gasteiger partial charge in [0.2, 0.25) is 0 Å². The molecule has 0 spiro atoms. The second-order valence-electron chi connectivity index (χ2n) is 33.7. The van der Waals surface area contributed by atoms with Crippen molar-refractivity contribution in [1.29, 1.82) is 0 Å². The fraction of sp³-hybridized carbons (Fsp3) is 0.255. The Kier molecular flexibility index (Phi) is 28.8. The normalized spacial score (nSPS) is 14.6.